The van der Waals surface area contributed by atoms with Crippen LogP contribution in [0.2, 0.25) is 0 Å². The van der Waals surface area contributed by atoms with Crippen LogP contribution in [-0.2, 0) is 5.41 Å². The molecule has 1 unspecified atom stereocenters. The highest BCUT2D eigenvalue weighted by atomic mass is 16.3. The Bertz CT molecular complexity index is 1990. The smallest absolute Gasteiger partial charge is 0.199 e. The zero-order valence-electron chi connectivity index (χ0n) is 27.0. The summed E-state index contributed by atoms with van der Waals surface area (Å²) < 4.78 is 6.82. The number of hydrogen-bond donors (Lipinski definition) is 0. The van der Waals surface area contributed by atoms with E-state index in [0.29, 0.717) is 17.4 Å². The van der Waals surface area contributed by atoms with Crippen molar-refractivity contribution in [3.05, 3.63) is 155 Å². The average molecular weight is 602 g/mol. The van der Waals surface area contributed by atoms with Crippen LogP contribution in [-0.4, -0.2) is 15.0 Å². The Morgan fingerprint density at radius 2 is 1.28 bits per heavy atom. The van der Waals surface area contributed by atoms with Gasteiger partial charge in [-0.15, -0.1) is 0 Å². The standard InChI is InChI=1S/C38H27N3O.2C2H6/c1-3-13-24(14-4-1)35-39-36(25-15-5-2-6-16-25)41-37(40-35)33-23-32-34(42-33)28-19-9-12-22-31(28)38(32)29-20-10-7-17-26(29)27-18-8-11-21-30(27)38;2*1-2/h1,3-5,7-13,15-24H,2,6,14H2;2*1-2H3. The summed E-state index contributed by atoms with van der Waals surface area (Å²) in [5.74, 6) is 3.74. The highest BCUT2D eigenvalue weighted by molar-refractivity contribution is 5.94. The summed E-state index contributed by atoms with van der Waals surface area (Å²) in [6.07, 6.45) is 17.9. The van der Waals surface area contributed by atoms with Crippen LogP contribution in [0.3, 0.4) is 0 Å². The number of hydrogen-bond acceptors (Lipinski definition) is 4. The first-order valence-corrected chi connectivity index (χ1v) is 16.7. The van der Waals surface area contributed by atoms with Crippen molar-refractivity contribution >= 4 is 5.57 Å². The first kappa shape index (κ1) is 29.6. The predicted molar refractivity (Wildman–Crippen MR) is 189 cm³/mol. The normalized spacial score (nSPS) is 17.1. The first-order chi connectivity index (χ1) is 22.8. The number of fused-ring (bicyclic) bond motifs is 10. The third kappa shape index (κ3) is 4.47. The second-order valence-electron chi connectivity index (χ2n) is 11.4. The van der Waals surface area contributed by atoms with Crippen LogP contribution in [0.4, 0.5) is 0 Å². The van der Waals surface area contributed by atoms with E-state index in [-0.39, 0.29) is 5.92 Å². The molecule has 9 rings (SSSR count). The molecule has 1 spiro atoms. The van der Waals surface area contributed by atoms with Crippen molar-refractivity contribution in [2.75, 3.05) is 0 Å². The fourth-order valence-electron chi connectivity index (χ4n) is 7.30. The van der Waals surface area contributed by atoms with Crippen molar-refractivity contribution in [1.82, 2.24) is 15.0 Å². The van der Waals surface area contributed by atoms with Gasteiger partial charge in [-0.2, -0.15) is 0 Å². The Morgan fingerprint density at radius 1 is 0.652 bits per heavy atom. The minimum atomic E-state index is -0.453. The monoisotopic (exact) mass is 601 g/mol. The zero-order chi connectivity index (χ0) is 31.7. The molecule has 0 bridgehead atoms. The fraction of sp³-hybridized carbons (Fsp3) is 0.214. The van der Waals surface area contributed by atoms with Gasteiger partial charge in [-0.05, 0) is 53.1 Å². The minimum Gasteiger partial charge on any atom is -0.452 e. The van der Waals surface area contributed by atoms with Gasteiger partial charge in [-0.1, -0.05) is 143 Å². The summed E-state index contributed by atoms with van der Waals surface area (Å²) in [7, 11) is 0. The van der Waals surface area contributed by atoms with E-state index in [1.807, 2.05) is 27.7 Å². The van der Waals surface area contributed by atoms with Crippen molar-refractivity contribution in [1.29, 1.82) is 0 Å². The summed E-state index contributed by atoms with van der Waals surface area (Å²) in [6.45, 7) is 8.00. The number of allylic oxidation sites excluding steroid dienone is 8. The average Bonchev–Trinajstić information content (AvgIpc) is 3.80. The Morgan fingerprint density at radius 3 is 1.91 bits per heavy atom. The Balaban J connectivity index is 0.000000815. The largest absolute Gasteiger partial charge is 0.452 e. The Kier molecular flexibility index (Phi) is 7.96. The molecule has 1 atom stereocenters. The summed E-state index contributed by atoms with van der Waals surface area (Å²) in [5, 5.41) is 0. The van der Waals surface area contributed by atoms with Gasteiger partial charge in [0.1, 0.15) is 11.6 Å². The molecule has 4 aliphatic rings. The molecule has 4 aliphatic carbocycles. The van der Waals surface area contributed by atoms with Crippen LogP contribution in [0.25, 0.3) is 39.6 Å². The van der Waals surface area contributed by atoms with E-state index in [1.54, 1.807) is 0 Å². The van der Waals surface area contributed by atoms with Gasteiger partial charge in [0.2, 0.25) is 0 Å². The molecular weight excluding hydrogens is 562 g/mol. The van der Waals surface area contributed by atoms with Crippen LogP contribution in [0.1, 0.15) is 86.8 Å². The van der Waals surface area contributed by atoms with E-state index >= 15 is 0 Å². The number of aromatic nitrogens is 3. The quantitative estimate of drug-likeness (QED) is 0.202. The van der Waals surface area contributed by atoms with Gasteiger partial charge in [-0.3, -0.25) is 0 Å². The summed E-state index contributed by atoms with van der Waals surface area (Å²) in [5.41, 5.74) is 9.25. The van der Waals surface area contributed by atoms with E-state index in [1.165, 1.54) is 27.8 Å². The van der Waals surface area contributed by atoms with Crippen LogP contribution < -0.4 is 0 Å². The van der Waals surface area contributed by atoms with Gasteiger partial charge in [0.25, 0.3) is 0 Å². The van der Waals surface area contributed by atoms with Crippen molar-refractivity contribution in [2.24, 2.45) is 0 Å². The van der Waals surface area contributed by atoms with Crippen LogP contribution >= 0.6 is 0 Å². The summed E-state index contributed by atoms with van der Waals surface area (Å²) in [6, 6.07) is 28.5. The fourth-order valence-corrected chi connectivity index (χ4v) is 7.30. The van der Waals surface area contributed by atoms with Gasteiger partial charge in [-0.25, -0.2) is 15.0 Å². The molecule has 0 amide bonds. The van der Waals surface area contributed by atoms with Gasteiger partial charge in [0.05, 0.1) is 5.41 Å². The van der Waals surface area contributed by atoms with Gasteiger partial charge < -0.3 is 4.42 Å². The lowest BCUT2D eigenvalue weighted by molar-refractivity contribution is 0.588. The van der Waals surface area contributed by atoms with Crippen molar-refractivity contribution in [2.45, 2.75) is 58.3 Å². The van der Waals surface area contributed by atoms with Crippen molar-refractivity contribution in [3.8, 4) is 34.0 Å². The predicted octanol–water partition coefficient (Wildman–Crippen LogP) is 10.9. The zero-order valence-corrected chi connectivity index (χ0v) is 27.0. The number of nitrogens with zero attached hydrogens (tertiary/aromatic N) is 3. The molecule has 4 nitrogen and oxygen atoms in total. The van der Waals surface area contributed by atoms with Crippen LogP contribution in [0, 0.1) is 0 Å². The summed E-state index contributed by atoms with van der Waals surface area (Å²) >= 11 is 0. The molecule has 0 saturated carbocycles. The molecule has 4 heteroatoms. The molecule has 0 N–H and O–H groups in total. The molecule has 2 heterocycles. The SMILES string of the molecule is C1=CCC(c2nc(C3=CCCC=C3)nc(-c3cc4c(o3)-c3ccccc3C43c4ccccc4-c4ccccc43)n2)C=C1.CC.CC. The maximum absolute atomic E-state index is 6.82. The molecule has 0 saturated heterocycles. The third-order valence-corrected chi connectivity index (χ3v) is 9.10. The Hall–Kier alpha value is -5.09. The van der Waals surface area contributed by atoms with E-state index in [2.05, 4.69) is 121 Å². The van der Waals surface area contributed by atoms with E-state index < -0.39 is 5.41 Å². The van der Waals surface area contributed by atoms with Gasteiger partial charge in [0.15, 0.2) is 17.4 Å². The molecule has 0 aliphatic heterocycles. The van der Waals surface area contributed by atoms with Gasteiger partial charge in [0, 0.05) is 22.6 Å². The second-order valence-corrected chi connectivity index (χ2v) is 11.4. The van der Waals surface area contributed by atoms with E-state index in [9.17, 15) is 0 Å². The van der Waals surface area contributed by atoms with Crippen molar-refractivity contribution < 1.29 is 4.42 Å². The van der Waals surface area contributed by atoms with Crippen molar-refractivity contribution in [3.63, 3.8) is 0 Å². The lowest BCUT2D eigenvalue weighted by Crippen LogP contribution is -2.25. The lowest BCUT2D eigenvalue weighted by Gasteiger charge is -2.29. The molecular formula is C42H39N3O. The van der Waals surface area contributed by atoms with E-state index in [4.69, 9.17) is 19.4 Å². The number of benzene rings is 3. The Labute approximate surface area is 272 Å². The third-order valence-electron chi connectivity index (χ3n) is 9.10. The van der Waals surface area contributed by atoms with Gasteiger partial charge >= 0.3 is 0 Å². The molecule has 46 heavy (non-hydrogen) atoms. The molecule has 3 aromatic carbocycles. The lowest BCUT2D eigenvalue weighted by atomic mass is 9.71. The van der Waals surface area contributed by atoms with Crippen LogP contribution in [0.15, 0.2) is 126 Å². The maximum atomic E-state index is 6.82. The maximum Gasteiger partial charge on any atom is 0.199 e. The minimum absolute atomic E-state index is 0.103. The second kappa shape index (κ2) is 12.4. The van der Waals surface area contributed by atoms with E-state index in [0.717, 1.165) is 47.5 Å². The molecule has 2 aromatic heterocycles. The molecule has 0 radical (unpaired) electrons. The van der Waals surface area contributed by atoms with Crippen LogP contribution in [0.5, 0.6) is 0 Å². The number of rotatable bonds is 3. The highest BCUT2D eigenvalue weighted by Gasteiger charge is 2.53. The number of furan rings is 1. The molecule has 5 aromatic rings. The summed E-state index contributed by atoms with van der Waals surface area (Å²) in [4.78, 5) is 15.0. The first-order valence-electron chi connectivity index (χ1n) is 16.7. The highest BCUT2D eigenvalue weighted by Crippen LogP contribution is 2.63. The molecule has 0 fully saturated rings. The molecule has 228 valence electrons. The topological polar surface area (TPSA) is 51.8 Å².